The predicted octanol–water partition coefficient (Wildman–Crippen LogP) is 7.90. The summed E-state index contributed by atoms with van der Waals surface area (Å²) in [5, 5.41) is 0. The molecule has 0 amide bonds. The Hall–Kier alpha value is -1.99. The van der Waals surface area contributed by atoms with E-state index in [2.05, 4.69) is 108 Å². The van der Waals surface area contributed by atoms with E-state index < -0.39 is 0 Å². The van der Waals surface area contributed by atoms with Gasteiger partial charge in [0.15, 0.2) is 0 Å². The fourth-order valence-electron chi connectivity index (χ4n) is 3.26. The molecule has 0 aliphatic rings. The summed E-state index contributed by atoms with van der Waals surface area (Å²) in [6.07, 6.45) is 0. The Morgan fingerprint density at radius 2 is 0.926 bits per heavy atom. The van der Waals surface area contributed by atoms with Gasteiger partial charge in [0.2, 0.25) is 0 Å². The number of benzene rings is 3. The summed E-state index contributed by atoms with van der Waals surface area (Å²) in [7, 11) is 0. The standard InChI is InChI=1S/C26H30S/c1-25(2,3)21-12-7-18(8-13-21)20-11-16-24(27)23(17-20)19-9-14-22(15-10-19)26(4,5)6/h7-17,27H,1-6H3. The molecule has 3 rings (SSSR count). The van der Waals surface area contributed by atoms with E-state index in [9.17, 15) is 0 Å². The fourth-order valence-corrected chi connectivity index (χ4v) is 3.53. The molecule has 0 saturated heterocycles. The Labute approximate surface area is 170 Å². The van der Waals surface area contributed by atoms with Gasteiger partial charge in [-0.15, -0.1) is 12.6 Å². The molecule has 0 atom stereocenters. The monoisotopic (exact) mass is 374 g/mol. The van der Waals surface area contributed by atoms with Crippen molar-refractivity contribution in [3.8, 4) is 22.3 Å². The molecule has 0 fully saturated rings. The van der Waals surface area contributed by atoms with Crippen LogP contribution in [0.2, 0.25) is 0 Å². The van der Waals surface area contributed by atoms with Crippen molar-refractivity contribution < 1.29 is 0 Å². The van der Waals surface area contributed by atoms with Gasteiger partial charge in [0, 0.05) is 4.90 Å². The van der Waals surface area contributed by atoms with Gasteiger partial charge in [0.1, 0.15) is 0 Å². The maximum atomic E-state index is 4.71. The van der Waals surface area contributed by atoms with Gasteiger partial charge in [0.05, 0.1) is 0 Å². The van der Waals surface area contributed by atoms with Crippen LogP contribution in [-0.2, 0) is 10.8 Å². The molecule has 3 aromatic carbocycles. The minimum atomic E-state index is 0.166. The Kier molecular flexibility index (Phi) is 5.27. The lowest BCUT2D eigenvalue weighted by molar-refractivity contribution is 0.590. The Morgan fingerprint density at radius 3 is 1.37 bits per heavy atom. The number of hydrogen-bond acceptors (Lipinski definition) is 1. The zero-order valence-electron chi connectivity index (χ0n) is 17.3. The topological polar surface area (TPSA) is 0 Å². The predicted molar refractivity (Wildman–Crippen MR) is 122 cm³/mol. The lowest BCUT2D eigenvalue weighted by atomic mass is 9.85. The van der Waals surface area contributed by atoms with Crippen molar-refractivity contribution in [1.29, 1.82) is 0 Å². The second-order valence-corrected chi connectivity index (χ2v) is 9.87. The van der Waals surface area contributed by atoms with Crippen molar-refractivity contribution in [2.45, 2.75) is 57.3 Å². The van der Waals surface area contributed by atoms with Crippen LogP contribution in [0.25, 0.3) is 22.3 Å². The normalized spacial score (nSPS) is 12.3. The van der Waals surface area contributed by atoms with Gasteiger partial charge in [-0.05, 0) is 56.3 Å². The fraction of sp³-hybridized carbons (Fsp3) is 0.308. The first-order valence-electron chi connectivity index (χ1n) is 9.60. The van der Waals surface area contributed by atoms with Crippen LogP contribution in [0.4, 0.5) is 0 Å². The molecule has 140 valence electrons. The second kappa shape index (κ2) is 7.20. The van der Waals surface area contributed by atoms with Gasteiger partial charge < -0.3 is 0 Å². The van der Waals surface area contributed by atoms with E-state index in [4.69, 9.17) is 12.6 Å². The molecule has 0 heterocycles. The van der Waals surface area contributed by atoms with Crippen LogP contribution in [0.15, 0.2) is 71.6 Å². The molecule has 0 N–H and O–H groups in total. The van der Waals surface area contributed by atoms with Crippen LogP contribution in [-0.4, -0.2) is 0 Å². The van der Waals surface area contributed by atoms with Crippen molar-refractivity contribution in [3.63, 3.8) is 0 Å². The third-order valence-electron chi connectivity index (χ3n) is 5.14. The molecule has 0 unspecified atom stereocenters. The molecule has 27 heavy (non-hydrogen) atoms. The van der Waals surface area contributed by atoms with Gasteiger partial charge >= 0.3 is 0 Å². The quantitative estimate of drug-likeness (QED) is 0.433. The van der Waals surface area contributed by atoms with Gasteiger partial charge in [0.25, 0.3) is 0 Å². The van der Waals surface area contributed by atoms with Crippen molar-refractivity contribution >= 4 is 12.6 Å². The molecule has 0 spiro atoms. The van der Waals surface area contributed by atoms with Gasteiger partial charge in [-0.2, -0.15) is 0 Å². The summed E-state index contributed by atoms with van der Waals surface area (Å²) < 4.78 is 0. The third-order valence-corrected chi connectivity index (χ3v) is 5.53. The van der Waals surface area contributed by atoms with E-state index in [1.807, 2.05) is 0 Å². The number of hydrogen-bond donors (Lipinski definition) is 1. The molecular formula is C26H30S. The molecule has 0 aliphatic heterocycles. The average Bonchev–Trinajstić information content (AvgIpc) is 2.61. The summed E-state index contributed by atoms with van der Waals surface area (Å²) in [4.78, 5) is 1.01. The summed E-state index contributed by atoms with van der Waals surface area (Å²) in [5.74, 6) is 0. The molecule has 0 aromatic heterocycles. The highest BCUT2D eigenvalue weighted by Crippen LogP contribution is 2.34. The highest BCUT2D eigenvalue weighted by molar-refractivity contribution is 7.80. The van der Waals surface area contributed by atoms with Gasteiger partial charge in [-0.3, -0.25) is 0 Å². The van der Waals surface area contributed by atoms with Crippen LogP contribution in [0, 0.1) is 0 Å². The molecular weight excluding hydrogens is 344 g/mol. The van der Waals surface area contributed by atoms with E-state index in [-0.39, 0.29) is 10.8 Å². The molecule has 0 nitrogen and oxygen atoms in total. The largest absolute Gasteiger partial charge is 0.143 e. The summed E-state index contributed by atoms with van der Waals surface area (Å²) >= 11 is 4.71. The Morgan fingerprint density at radius 1 is 0.519 bits per heavy atom. The lowest BCUT2D eigenvalue weighted by Crippen LogP contribution is -2.10. The van der Waals surface area contributed by atoms with E-state index >= 15 is 0 Å². The first-order valence-corrected chi connectivity index (χ1v) is 10.1. The first kappa shape index (κ1) is 19.8. The zero-order chi connectivity index (χ0) is 19.8. The van der Waals surface area contributed by atoms with Crippen molar-refractivity contribution in [2.24, 2.45) is 0 Å². The SMILES string of the molecule is CC(C)(C)c1ccc(-c2ccc(S)c(-c3ccc(C(C)(C)C)cc3)c2)cc1. The van der Waals surface area contributed by atoms with Crippen LogP contribution in [0.3, 0.4) is 0 Å². The highest BCUT2D eigenvalue weighted by atomic mass is 32.1. The third kappa shape index (κ3) is 4.47. The van der Waals surface area contributed by atoms with Crippen LogP contribution < -0.4 is 0 Å². The van der Waals surface area contributed by atoms with Crippen molar-refractivity contribution in [1.82, 2.24) is 0 Å². The Bertz CT molecular complexity index is 918. The first-order chi connectivity index (χ1) is 12.6. The van der Waals surface area contributed by atoms with Crippen molar-refractivity contribution in [2.75, 3.05) is 0 Å². The molecule has 1 heteroatoms. The molecule has 3 aromatic rings. The molecule has 0 bridgehead atoms. The molecule has 0 radical (unpaired) electrons. The molecule has 0 aliphatic carbocycles. The highest BCUT2D eigenvalue weighted by Gasteiger charge is 2.15. The summed E-state index contributed by atoms with van der Waals surface area (Å²) in [6.45, 7) is 13.5. The number of rotatable bonds is 2. The van der Waals surface area contributed by atoms with Crippen molar-refractivity contribution in [3.05, 3.63) is 77.9 Å². The maximum absolute atomic E-state index is 4.71. The van der Waals surface area contributed by atoms with Crippen LogP contribution in [0.1, 0.15) is 52.7 Å². The summed E-state index contributed by atoms with van der Waals surface area (Å²) in [5.41, 5.74) is 7.90. The van der Waals surface area contributed by atoms with E-state index in [1.165, 1.54) is 33.4 Å². The zero-order valence-corrected chi connectivity index (χ0v) is 18.2. The van der Waals surface area contributed by atoms with E-state index in [1.54, 1.807) is 0 Å². The smallest absolute Gasteiger partial charge is 0.0119 e. The molecule has 0 saturated carbocycles. The minimum absolute atomic E-state index is 0.166. The Balaban J connectivity index is 1.97. The average molecular weight is 375 g/mol. The van der Waals surface area contributed by atoms with Crippen LogP contribution >= 0.6 is 12.6 Å². The van der Waals surface area contributed by atoms with E-state index in [0.29, 0.717) is 0 Å². The lowest BCUT2D eigenvalue weighted by Gasteiger charge is -2.20. The summed E-state index contributed by atoms with van der Waals surface area (Å²) in [6, 6.07) is 24.3. The van der Waals surface area contributed by atoms with Crippen LogP contribution in [0.5, 0.6) is 0 Å². The van der Waals surface area contributed by atoms with Gasteiger partial charge in [-0.1, -0.05) is 96.1 Å². The van der Waals surface area contributed by atoms with Gasteiger partial charge in [-0.25, -0.2) is 0 Å². The number of thiol groups is 1. The maximum Gasteiger partial charge on any atom is 0.0119 e. The van der Waals surface area contributed by atoms with E-state index in [0.717, 1.165) is 4.90 Å². The second-order valence-electron chi connectivity index (χ2n) is 9.39. The minimum Gasteiger partial charge on any atom is -0.143 e.